The van der Waals surface area contributed by atoms with Gasteiger partial charge in [-0.25, -0.2) is 0 Å². The lowest BCUT2D eigenvalue weighted by Crippen LogP contribution is -2.06. The van der Waals surface area contributed by atoms with Crippen LogP contribution in [0.2, 0.25) is 0 Å². The van der Waals surface area contributed by atoms with Gasteiger partial charge < -0.3 is 0 Å². The van der Waals surface area contributed by atoms with Gasteiger partial charge in [0.15, 0.2) is 0 Å². The fraction of sp³-hybridized carbons (Fsp3) is 0.0625. The number of fused-ring (bicyclic) bond motifs is 1. The molecule has 1 aromatic heterocycles. The van der Waals surface area contributed by atoms with Gasteiger partial charge >= 0.3 is 6.18 Å². The third-order valence-electron chi connectivity index (χ3n) is 3.22. The molecule has 3 rings (SSSR count). The lowest BCUT2D eigenvalue weighted by Gasteiger charge is -2.12. The summed E-state index contributed by atoms with van der Waals surface area (Å²) in [4.78, 5) is 4.03. The van der Waals surface area contributed by atoms with Gasteiger partial charge in [0.25, 0.3) is 0 Å². The van der Waals surface area contributed by atoms with E-state index in [1.54, 1.807) is 6.07 Å². The minimum absolute atomic E-state index is 0.0449. The predicted molar refractivity (Wildman–Crippen MR) is 79.9 cm³/mol. The number of benzene rings is 2. The third-order valence-corrected chi connectivity index (χ3v) is 4.08. The molecule has 0 aliphatic carbocycles. The number of alkyl halides is 3. The highest BCUT2D eigenvalue weighted by atomic mass is 79.9. The molecule has 0 saturated heterocycles. The van der Waals surface area contributed by atoms with E-state index < -0.39 is 11.7 Å². The molecule has 1 heterocycles. The number of rotatable bonds is 1. The van der Waals surface area contributed by atoms with E-state index in [0.717, 1.165) is 17.2 Å². The van der Waals surface area contributed by atoms with Crippen LogP contribution in [0, 0.1) is 0 Å². The van der Waals surface area contributed by atoms with Crippen LogP contribution in [-0.4, -0.2) is 4.98 Å². The summed E-state index contributed by atoms with van der Waals surface area (Å²) in [7, 11) is 0. The number of hydrogen-bond acceptors (Lipinski definition) is 1. The maximum absolute atomic E-state index is 13.0. The molecule has 2 aromatic carbocycles. The second-order valence-electron chi connectivity index (χ2n) is 4.55. The minimum Gasteiger partial charge on any atom is -0.255 e. The molecule has 0 N–H and O–H groups in total. The van der Waals surface area contributed by atoms with E-state index in [9.17, 15) is 13.2 Å². The summed E-state index contributed by atoms with van der Waals surface area (Å²) in [6.45, 7) is 0. The van der Waals surface area contributed by atoms with Gasteiger partial charge in [-0.1, -0.05) is 42.5 Å². The van der Waals surface area contributed by atoms with Crippen LogP contribution in [0.25, 0.3) is 22.0 Å². The molecule has 0 amide bonds. The number of halogens is 4. The smallest absolute Gasteiger partial charge is 0.255 e. The van der Waals surface area contributed by atoms with Crippen molar-refractivity contribution in [2.24, 2.45) is 0 Å². The Morgan fingerprint density at radius 3 is 2.29 bits per heavy atom. The fourth-order valence-electron chi connectivity index (χ4n) is 2.24. The van der Waals surface area contributed by atoms with E-state index in [1.165, 1.54) is 12.3 Å². The van der Waals surface area contributed by atoms with Crippen molar-refractivity contribution in [3.8, 4) is 11.1 Å². The van der Waals surface area contributed by atoms with Gasteiger partial charge in [0, 0.05) is 21.6 Å². The van der Waals surface area contributed by atoms with Gasteiger partial charge in [0.05, 0.1) is 11.1 Å². The topological polar surface area (TPSA) is 12.9 Å². The molecule has 106 valence electrons. The highest BCUT2D eigenvalue weighted by Gasteiger charge is 2.33. The van der Waals surface area contributed by atoms with Crippen molar-refractivity contribution in [3.05, 3.63) is 64.8 Å². The molecule has 1 nitrogen and oxygen atoms in total. The normalized spacial score (nSPS) is 11.8. The molecule has 3 aromatic rings. The van der Waals surface area contributed by atoms with Crippen LogP contribution in [0.15, 0.2) is 59.2 Å². The maximum Gasteiger partial charge on any atom is 0.418 e. The first-order valence-corrected chi connectivity index (χ1v) is 6.97. The van der Waals surface area contributed by atoms with Crippen LogP contribution >= 0.6 is 15.9 Å². The van der Waals surface area contributed by atoms with Gasteiger partial charge in [-0.2, -0.15) is 13.2 Å². The van der Waals surface area contributed by atoms with E-state index >= 15 is 0 Å². The highest BCUT2D eigenvalue weighted by molar-refractivity contribution is 9.10. The summed E-state index contributed by atoms with van der Waals surface area (Å²) in [5, 5.41) is 0.450. The molecule has 0 saturated carbocycles. The van der Waals surface area contributed by atoms with Crippen LogP contribution in [-0.2, 0) is 6.18 Å². The first-order valence-electron chi connectivity index (χ1n) is 6.18. The van der Waals surface area contributed by atoms with Crippen molar-refractivity contribution in [2.75, 3.05) is 0 Å². The second kappa shape index (κ2) is 5.15. The SMILES string of the molecule is FC(F)(F)c1cccc2c(Br)c(-c3ccccc3)cnc12. The molecule has 0 aliphatic rings. The lowest BCUT2D eigenvalue weighted by molar-refractivity contribution is -0.136. The van der Waals surface area contributed by atoms with E-state index in [2.05, 4.69) is 20.9 Å². The second-order valence-corrected chi connectivity index (χ2v) is 5.34. The predicted octanol–water partition coefficient (Wildman–Crippen LogP) is 5.68. The molecule has 0 aliphatic heterocycles. The monoisotopic (exact) mass is 351 g/mol. The van der Waals surface area contributed by atoms with Crippen molar-refractivity contribution >= 4 is 26.8 Å². The average Bonchev–Trinajstić information content (AvgIpc) is 2.47. The Morgan fingerprint density at radius 1 is 0.905 bits per heavy atom. The number of para-hydroxylation sites is 1. The molecule has 0 spiro atoms. The van der Waals surface area contributed by atoms with E-state index in [0.29, 0.717) is 9.86 Å². The van der Waals surface area contributed by atoms with E-state index in [1.807, 2.05) is 30.3 Å². The zero-order valence-electron chi connectivity index (χ0n) is 10.7. The van der Waals surface area contributed by atoms with Crippen LogP contribution in [0.1, 0.15) is 5.56 Å². The first-order chi connectivity index (χ1) is 9.98. The molecule has 5 heteroatoms. The molecular formula is C16H9BrF3N. The quantitative estimate of drug-likeness (QED) is 0.549. The Kier molecular flexibility index (Phi) is 3.45. The Morgan fingerprint density at radius 2 is 1.62 bits per heavy atom. The van der Waals surface area contributed by atoms with Crippen LogP contribution in [0.3, 0.4) is 0 Å². The Hall–Kier alpha value is -1.88. The Balaban J connectivity index is 2.28. The van der Waals surface area contributed by atoms with Gasteiger partial charge in [-0.05, 0) is 27.6 Å². The highest BCUT2D eigenvalue weighted by Crippen LogP contribution is 2.39. The van der Waals surface area contributed by atoms with Gasteiger partial charge in [0.2, 0.25) is 0 Å². The number of hydrogen-bond donors (Lipinski definition) is 0. The average molecular weight is 352 g/mol. The molecule has 21 heavy (non-hydrogen) atoms. The lowest BCUT2D eigenvalue weighted by atomic mass is 10.0. The zero-order chi connectivity index (χ0) is 15.0. The van der Waals surface area contributed by atoms with Crippen molar-refractivity contribution in [2.45, 2.75) is 6.18 Å². The summed E-state index contributed by atoms with van der Waals surface area (Å²) < 4.78 is 39.7. The summed E-state index contributed by atoms with van der Waals surface area (Å²) in [6, 6.07) is 13.5. The largest absolute Gasteiger partial charge is 0.418 e. The van der Waals surface area contributed by atoms with Crippen LogP contribution in [0.5, 0.6) is 0 Å². The third kappa shape index (κ3) is 2.53. The Bertz CT molecular complexity index is 798. The first kappa shape index (κ1) is 14.1. The Labute approximate surface area is 127 Å². The number of aromatic nitrogens is 1. The molecule has 0 fully saturated rings. The molecule has 0 unspecified atom stereocenters. The zero-order valence-corrected chi connectivity index (χ0v) is 12.2. The molecular weight excluding hydrogens is 343 g/mol. The van der Waals surface area contributed by atoms with Crippen LogP contribution in [0.4, 0.5) is 13.2 Å². The molecule has 0 bridgehead atoms. The maximum atomic E-state index is 13.0. The summed E-state index contributed by atoms with van der Waals surface area (Å²) in [5.74, 6) is 0. The summed E-state index contributed by atoms with van der Waals surface area (Å²) >= 11 is 3.41. The number of pyridine rings is 1. The van der Waals surface area contributed by atoms with Crippen LogP contribution < -0.4 is 0 Å². The molecule has 0 radical (unpaired) electrons. The summed E-state index contributed by atoms with van der Waals surface area (Å²) in [6.07, 6.45) is -2.95. The van der Waals surface area contributed by atoms with Crippen molar-refractivity contribution in [1.82, 2.24) is 4.98 Å². The minimum atomic E-state index is -4.42. The van der Waals surface area contributed by atoms with E-state index in [-0.39, 0.29) is 5.52 Å². The van der Waals surface area contributed by atoms with Gasteiger partial charge in [-0.15, -0.1) is 0 Å². The fourth-order valence-corrected chi connectivity index (χ4v) is 2.89. The molecule has 0 atom stereocenters. The van der Waals surface area contributed by atoms with Crippen molar-refractivity contribution in [3.63, 3.8) is 0 Å². The summed E-state index contributed by atoms with van der Waals surface area (Å²) in [5.41, 5.74) is 0.899. The van der Waals surface area contributed by atoms with Crippen molar-refractivity contribution < 1.29 is 13.2 Å². The van der Waals surface area contributed by atoms with Gasteiger partial charge in [0.1, 0.15) is 0 Å². The van der Waals surface area contributed by atoms with E-state index in [4.69, 9.17) is 0 Å². The number of nitrogens with zero attached hydrogens (tertiary/aromatic N) is 1. The van der Waals surface area contributed by atoms with Gasteiger partial charge in [-0.3, -0.25) is 4.98 Å². The standard InChI is InChI=1S/C16H9BrF3N/c17-14-11-7-4-8-13(16(18,19)20)15(11)21-9-12(14)10-5-2-1-3-6-10/h1-9H. The van der Waals surface area contributed by atoms with Crippen molar-refractivity contribution in [1.29, 1.82) is 0 Å².